The molecule has 3 fully saturated rings. The van der Waals surface area contributed by atoms with Crippen LogP contribution >= 0.6 is 0 Å². The number of carboxylic acid groups (broad SMARTS) is 1. The molecule has 0 bridgehead atoms. The molecule has 7 atom stereocenters. The van der Waals surface area contributed by atoms with Gasteiger partial charge in [0, 0.05) is 25.2 Å². The molecule has 0 aromatic rings. The second kappa shape index (κ2) is 12.5. The molecule has 43 heavy (non-hydrogen) atoms. The Morgan fingerprint density at radius 1 is 1.00 bits per heavy atom. The van der Waals surface area contributed by atoms with Crippen molar-refractivity contribution in [2.24, 2.45) is 34.5 Å². The van der Waals surface area contributed by atoms with Crippen LogP contribution in [0.1, 0.15) is 105 Å². The molecule has 4 aliphatic carbocycles. The van der Waals surface area contributed by atoms with E-state index >= 15 is 0 Å². The Labute approximate surface area is 253 Å². The molecule has 0 heterocycles. The highest BCUT2D eigenvalue weighted by atomic mass is 16.6. The lowest BCUT2D eigenvalue weighted by atomic mass is 9.46. The van der Waals surface area contributed by atoms with Gasteiger partial charge in [-0.25, -0.2) is 4.79 Å². The number of nitrogens with one attached hydrogen (secondary N) is 1. The third-order valence-corrected chi connectivity index (χ3v) is 11.1. The molecule has 1 unspecified atom stereocenters. The first-order chi connectivity index (χ1) is 20.1. The summed E-state index contributed by atoms with van der Waals surface area (Å²) in [5.41, 5.74) is -0.798. The Morgan fingerprint density at radius 3 is 2.35 bits per heavy atom. The average molecular weight is 602 g/mol. The number of rotatable bonds is 11. The van der Waals surface area contributed by atoms with Crippen molar-refractivity contribution in [2.45, 2.75) is 117 Å². The number of fused-ring (bicyclic) bond motifs is 5. The number of carbonyl (C=O) groups excluding carboxylic acids is 5. The van der Waals surface area contributed by atoms with Crippen molar-refractivity contribution < 1.29 is 43.3 Å². The molecule has 3 saturated carbocycles. The summed E-state index contributed by atoms with van der Waals surface area (Å²) in [6.45, 7) is 8.75. The highest BCUT2D eigenvalue weighted by Gasteiger charge is 2.68. The normalized spacial score (nSPS) is 33.8. The van der Waals surface area contributed by atoms with Crippen molar-refractivity contribution in [1.29, 1.82) is 0 Å². The Morgan fingerprint density at radius 2 is 1.70 bits per heavy atom. The molecule has 4 aliphatic rings. The Hall–Kier alpha value is -3.04. The summed E-state index contributed by atoms with van der Waals surface area (Å²) in [7, 11) is 0. The van der Waals surface area contributed by atoms with Crippen LogP contribution in [0.25, 0.3) is 0 Å². The molecule has 4 rings (SSSR count). The van der Waals surface area contributed by atoms with Gasteiger partial charge in [0.15, 0.2) is 18.0 Å². The van der Waals surface area contributed by atoms with E-state index in [4.69, 9.17) is 9.47 Å². The average Bonchev–Trinajstić information content (AvgIpc) is 3.22. The highest BCUT2D eigenvalue weighted by Crippen LogP contribution is 2.68. The van der Waals surface area contributed by atoms with Crippen LogP contribution in [0.2, 0.25) is 0 Å². The number of ether oxygens (including phenoxy) is 2. The number of allylic oxidation sites excluding steroid dienone is 1. The lowest BCUT2D eigenvalue weighted by Gasteiger charge is -2.59. The topological polar surface area (TPSA) is 153 Å². The van der Waals surface area contributed by atoms with Gasteiger partial charge in [0.2, 0.25) is 11.7 Å². The van der Waals surface area contributed by atoms with Crippen LogP contribution in [-0.4, -0.2) is 58.7 Å². The molecule has 0 spiro atoms. The van der Waals surface area contributed by atoms with Gasteiger partial charge in [-0.1, -0.05) is 33.3 Å². The summed E-state index contributed by atoms with van der Waals surface area (Å²) >= 11 is 0. The summed E-state index contributed by atoms with van der Waals surface area (Å²) in [6.07, 6.45) is 7.37. The quantitative estimate of drug-likeness (QED) is 0.330. The van der Waals surface area contributed by atoms with Crippen LogP contribution in [0, 0.1) is 34.5 Å². The fourth-order valence-electron chi connectivity index (χ4n) is 9.00. The zero-order valence-corrected chi connectivity index (χ0v) is 26.2. The van der Waals surface area contributed by atoms with E-state index in [1.165, 1.54) is 12.5 Å². The van der Waals surface area contributed by atoms with Gasteiger partial charge in [0.1, 0.15) is 6.04 Å². The SMILES string of the molecule is CC(=O)O[C@]1(C(=O)COC(=O)CCC(=O)NC(CC(C)C)C(=O)O)CC[C@H]2[C@@H]3CCC4=CC(=O)CC[C@]4(C)[C@H]3CC[C@@]21C. The van der Waals surface area contributed by atoms with E-state index in [1.54, 1.807) is 0 Å². The molecule has 0 aromatic carbocycles. The fraction of sp³-hybridized carbons (Fsp3) is 0.758. The minimum atomic E-state index is -1.41. The van der Waals surface area contributed by atoms with Gasteiger partial charge in [-0.2, -0.15) is 0 Å². The standard InChI is InChI=1S/C33H47NO9/c1-19(2)16-26(30(40)41)34-28(38)8-9-29(39)42-18-27(37)33(43-20(3)35)15-12-25-23-7-6-21-17-22(36)10-13-31(21,4)24(23)11-14-32(25,33)5/h17,19,23-26H,6-16,18H2,1-5H3,(H,34,38)(H,40,41)/t23-,24+,25+,26?,31+,32+,33+/m1/s1. The van der Waals surface area contributed by atoms with Gasteiger partial charge in [-0.3, -0.25) is 24.0 Å². The highest BCUT2D eigenvalue weighted by molar-refractivity contribution is 5.94. The van der Waals surface area contributed by atoms with Crippen molar-refractivity contribution >= 4 is 35.4 Å². The third kappa shape index (κ3) is 6.29. The molecule has 2 N–H and O–H groups in total. The van der Waals surface area contributed by atoms with Gasteiger partial charge >= 0.3 is 17.9 Å². The summed E-state index contributed by atoms with van der Waals surface area (Å²) < 4.78 is 11.2. The lowest BCUT2D eigenvalue weighted by Crippen LogP contribution is -2.59. The molecule has 10 nitrogen and oxygen atoms in total. The maximum Gasteiger partial charge on any atom is 0.326 e. The predicted molar refractivity (Wildman–Crippen MR) is 155 cm³/mol. The maximum atomic E-state index is 13.9. The molecule has 0 radical (unpaired) electrons. The number of carbonyl (C=O) groups is 6. The molecular formula is C33H47NO9. The summed E-state index contributed by atoms with van der Waals surface area (Å²) in [5.74, 6) is -2.34. The van der Waals surface area contributed by atoms with E-state index < -0.39 is 53.3 Å². The van der Waals surface area contributed by atoms with Crippen LogP contribution in [0.3, 0.4) is 0 Å². The molecule has 0 saturated heterocycles. The minimum Gasteiger partial charge on any atom is -0.480 e. The second-order valence-corrected chi connectivity index (χ2v) is 14.1. The number of hydrogen-bond donors (Lipinski definition) is 2. The molecule has 238 valence electrons. The number of amides is 1. The Kier molecular flexibility index (Phi) is 9.57. The van der Waals surface area contributed by atoms with Crippen molar-refractivity contribution in [3.05, 3.63) is 11.6 Å². The van der Waals surface area contributed by atoms with Gasteiger partial charge in [0.05, 0.1) is 6.42 Å². The molecule has 0 aromatic heterocycles. The van der Waals surface area contributed by atoms with E-state index in [1.807, 2.05) is 26.8 Å². The summed E-state index contributed by atoms with van der Waals surface area (Å²) in [6, 6.07) is -1.05. The van der Waals surface area contributed by atoms with Gasteiger partial charge < -0.3 is 19.9 Å². The number of aliphatic carboxylic acids is 1. The van der Waals surface area contributed by atoms with Crippen LogP contribution < -0.4 is 5.32 Å². The van der Waals surface area contributed by atoms with E-state index in [0.717, 1.165) is 32.1 Å². The third-order valence-electron chi connectivity index (χ3n) is 11.1. The lowest BCUT2D eigenvalue weighted by molar-refractivity contribution is -0.191. The zero-order chi connectivity index (χ0) is 31.7. The molecule has 1 amide bonds. The molecule has 10 heteroatoms. The second-order valence-electron chi connectivity index (χ2n) is 14.1. The van der Waals surface area contributed by atoms with E-state index in [0.29, 0.717) is 31.1 Å². The zero-order valence-electron chi connectivity index (χ0n) is 26.2. The first-order valence-electron chi connectivity index (χ1n) is 15.8. The van der Waals surface area contributed by atoms with Gasteiger partial charge in [-0.15, -0.1) is 0 Å². The van der Waals surface area contributed by atoms with Crippen molar-refractivity contribution in [1.82, 2.24) is 5.32 Å². The minimum absolute atomic E-state index is 0.0318. The van der Waals surface area contributed by atoms with E-state index in [2.05, 4.69) is 12.2 Å². The first kappa shape index (κ1) is 32.9. The number of carboxylic acids is 1. The van der Waals surface area contributed by atoms with Gasteiger partial charge in [0.25, 0.3) is 0 Å². The van der Waals surface area contributed by atoms with Crippen molar-refractivity contribution in [3.63, 3.8) is 0 Å². The Balaban J connectivity index is 1.42. The smallest absolute Gasteiger partial charge is 0.326 e. The maximum absolute atomic E-state index is 13.9. The molecular weight excluding hydrogens is 554 g/mol. The van der Waals surface area contributed by atoms with Crippen LogP contribution in [-0.2, 0) is 38.2 Å². The number of esters is 2. The first-order valence-corrected chi connectivity index (χ1v) is 15.8. The van der Waals surface area contributed by atoms with Crippen LogP contribution in [0.4, 0.5) is 0 Å². The van der Waals surface area contributed by atoms with E-state index in [9.17, 15) is 33.9 Å². The number of hydrogen-bond acceptors (Lipinski definition) is 8. The monoisotopic (exact) mass is 601 g/mol. The fourth-order valence-corrected chi connectivity index (χ4v) is 9.00. The number of Topliss-reactive ketones (excluding diaryl/α,β-unsaturated/α-hetero) is 1. The largest absolute Gasteiger partial charge is 0.480 e. The summed E-state index contributed by atoms with van der Waals surface area (Å²) in [4.78, 5) is 74.6. The van der Waals surface area contributed by atoms with E-state index in [-0.39, 0.29) is 42.3 Å². The van der Waals surface area contributed by atoms with Crippen molar-refractivity contribution in [3.8, 4) is 0 Å². The predicted octanol–water partition coefficient (Wildman–Crippen LogP) is 4.33. The summed E-state index contributed by atoms with van der Waals surface area (Å²) in [5, 5.41) is 11.8. The Bertz CT molecular complexity index is 1210. The van der Waals surface area contributed by atoms with Gasteiger partial charge in [-0.05, 0) is 86.5 Å². The number of ketones is 2. The van der Waals surface area contributed by atoms with Crippen LogP contribution in [0.5, 0.6) is 0 Å². The van der Waals surface area contributed by atoms with Crippen LogP contribution in [0.15, 0.2) is 11.6 Å². The molecule has 0 aliphatic heterocycles. The van der Waals surface area contributed by atoms with Crippen molar-refractivity contribution in [2.75, 3.05) is 6.61 Å².